The van der Waals surface area contributed by atoms with Crippen molar-refractivity contribution in [3.63, 3.8) is 0 Å². The third-order valence-electron chi connectivity index (χ3n) is 3.29. The second kappa shape index (κ2) is 8.08. The van der Waals surface area contributed by atoms with Crippen LogP contribution in [0.3, 0.4) is 0 Å². The molecule has 4 heteroatoms. The van der Waals surface area contributed by atoms with Gasteiger partial charge in [0.2, 0.25) is 0 Å². The predicted molar refractivity (Wildman–Crippen MR) is 87.0 cm³/mol. The molecule has 22 heavy (non-hydrogen) atoms. The van der Waals surface area contributed by atoms with Crippen LogP contribution >= 0.6 is 0 Å². The van der Waals surface area contributed by atoms with Crippen LogP contribution in [-0.4, -0.2) is 19.7 Å². The molecular weight excluding hydrogens is 278 g/mol. The number of esters is 1. The fourth-order valence-corrected chi connectivity index (χ4v) is 2.23. The van der Waals surface area contributed by atoms with Crippen molar-refractivity contribution in [3.05, 3.63) is 60.2 Å². The largest absolute Gasteiger partial charge is 0.497 e. The lowest BCUT2D eigenvalue weighted by molar-refractivity contribution is -0.143. The van der Waals surface area contributed by atoms with Crippen LogP contribution in [0.4, 0.5) is 5.69 Å². The van der Waals surface area contributed by atoms with E-state index in [2.05, 4.69) is 5.32 Å². The van der Waals surface area contributed by atoms with Crippen LogP contribution in [0.25, 0.3) is 0 Å². The van der Waals surface area contributed by atoms with Crippen LogP contribution in [0.5, 0.6) is 5.75 Å². The van der Waals surface area contributed by atoms with Crippen molar-refractivity contribution in [2.45, 2.75) is 19.4 Å². The molecule has 0 aliphatic heterocycles. The molecule has 0 fully saturated rings. The summed E-state index contributed by atoms with van der Waals surface area (Å²) in [4.78, 5) is 11.9. The van der Waals surface area contributed by atoms with Crippen molar-refractivity contribution < 1.29 is 14.3 Å². The van der Waals surface area contributed by atoms with Gasteiger partial charge in [0.25, 0.3) is 0 Å². The molecule has 1 unspecified atom stereocenters. The van der Waals surface area contributed by atoms with Crippen LogP contribution in [-0.2, 0) is 9.53 Å². The van der Waals surface area contributed by atoms with E-state index in [0.29, 0.717) is 6.61 Å². The molecule has 0 aliphatic carbocycles. The first-order chi connectivity index (χ1) is 10.7. The maximum atomic E-state index is 11.9. The summed E-state index contributed by atoms with van der Waals surface area (Å²) in [6.45, 7) is 2.19. The number of benzene rings is 2. The summed E-state index contributed by atoms with van der Waals surface area (Å²) in [5, 5.41) is 3.38. The van der Waals surface area contributed by atoms with E-state index in [9.17, 15) is 4.79 Å². The molecule has 1 N–H and O–H groups in total. The monoisotopic (exact) mass is 299 g/mol. The first-order valence-corrected chi connectivity index (χ1v) is 7.34. The van der Waals surface area contributed by atoms with E-state index in [0.717, 1.165) is 17.0 Å². The zero-order valence-electron chi connectivity index (χ0n) is 12.9. The molecule has 2 aromatic carbocycles. The Kier molecular flexibility index (Phi) is 5.83. The smallest absolute Gasteiger partial charge is 0.308 e. The molecule has 2 aromatic rings. The highest BCUT2D eigenvalue weighted by Crippen LogP contribution is 2.26. The number of hydrogen-bond donors (Lipinski definition) is 1. The molecule has 0 saturated heterocycles. The highest BCUT2D eigenvalue weighted by Gasteiger charge is 2.17. The van der Waals surface area contributed by atoms with Gasteiger partial charge in [0, 0.05) is 5.69 Å². The maximum Gasteiger partial charge on any atom is 0.308 e. The Labute approximate surface area is 131 Å². The number of anilines is 1. The highest BCUT2D eigenvalue weighted by molar-refractivity contribution is 5.71. The van der Waals surface area contributed by atoms with Crippen molar-refractivity contribution in [3.8, 4) is 5.75 Å². The number of methoxy groups -OCH3 is 1. The van der Waals surface area contributed by atoms with Crippen LogP contribution < -0.4 is 10.1 Å². The average molecular weight is 299 g/mol. The van der Waals surface area contributed by atoms with Gasteiger partial charge in [-0.2, -0.15) is 0 Å². The van der Waals surface area contributed by atoms with Gasteiger partial charge in [0.1, 0.15) is 5.75 Å². The number of nitrogens with one attached hydrogen (secondary N) is 1. The van der Waals surface area contributed by atoms with E-state index in [4.69, 9.17) is 9.47 Å². The number of hydrogen-bond acceptors (Lipinski definition) is 4. The number of para-hydroxylation sites is 1. The number of rotatable bonds is 7. The molecule has 1 atom stereocenters. The van der Waals surface area contributed by atoms with Gasteiger partial charge in [-0.3, -0.25) is 4.79 Å². The molecule has 0 amide bonds. The van der Waals surface area contributed by atoms with Crippen LogP contribution in [0.1, 0.15) is 24.9 Å². The first-order valence-electron chi connectivity index (χ1n) is 7.34. The van der Waals surface area contributed by atoms with E-state index >= 15 is 0 Å². The molecule has 0 aromatic heterocycles. The zero-order chi connectivity index (χ0) is 15.8. The van der Waals surface area contributed by atoms with E-state index in [1.165, 1.54) is 0 Å². The summed E-state index contributed by atoms with van der Waals surface area (Å²) in [6.07, 6.45) is 0.260. The van der Waals surface area contributed by atoms with Gasteiger partial charge in [0.15, 0.2) is 0 Å². The fraction of sp³-hybridized carbons (Fsp3) is 0.278. The minimum absolute atomic E-state index is 0.170. The van der Waals surface area contributed by atoms with Crippen LogP contribution in [0.2, 0.25) is 0 Å². The second-order valence-electron chi connectivity index (χ2n) is 4.85. The Morgan fingerprint density at radius 1 is 1.14 bits per heavy atom. The number of carbonyl (C=O) groups is 1. The minimum atomic E-state index is -0.223. The molecule has 2 rings (SSSR count). The fourth-order valence-electron chi connectivity index (χ4n) is 2.23. The van der Waals surface area contributed by atoms with Crippen molar-refractivity contribution in [1.82, 2.24) is 0 Å². The molecule has 0 heterocycles. The lowest BCUT2D eigenvalue weighted by Gasteiger charge is -2.20. The quantitative estimate of drug-likeness (QED) is 0.790. The molecule has 0 saturated carbocycles. The summed E-state index contributed by atoms with van der Waals surface area (Å²) >= 11 is 0. The number of carbonyl (C=O) groups excluding carboxylic acids is 1. The van der Waals surface area contributed by atoms with Gasteiger partial charge < -0.3 is 14.8 Å². The molecule has 116 valence electrons. The summed E-state index contributed by atoms with van der Waals surface area (Å²) in [7, 11) is 1.63. The topological polar surface area (TPSA) is 47.6 Å². The van der Waals surface area contributed by atoms with Gasteiger partial charge in [-0.15, -0.1) is 0 Å². The van der Waals surface area contributed by atoms with E-state index in [-0.39, 0.29) is 18.4 Å². The Morgan fingerprint density at radius 3 is 2.59 bits per heavy atom. The van der Waals surface area contributed by atoms with Crippen molar-refractivity contribution in [2.75, 3.05) is 19.0 Å². The van der Waals surface area contributed by atoms with Gasteiger partial charge in [-0.1, -0.05) is 30.3 Å². The molecule has 4 nitrogen and oxygen atoms in total. The average Bonchev–Trinajstić information content (AvgIpc) is 2.55. The van der Waals surface area contributed by atoms with Crippen LogP contribution in [0, 0.1) is 0 Å². The summed E-state index contributed by atoms with van der Waals surface area (Å²) in [5.74, 6) is 0.542. The summed E-state index contributed by atoms with van der Waals surface area (Å²) in [6, 6.07) is 17.3. The molecule has 0 radical (unpaired) electrons. The van der Waals surface area contributed by atoms with Crippen molar-refractivity contribution in [1.29, 1.82) is 0 Å². The normalized spacial score (nSPS) is 11.5. The van der Waals surface area contributed by atoms with Crippen molar-refractivity contribution >= 4 is 11.7 Å². The second-order valence-corrected chi connectivity index (χ2v) is 4.85. The van der Waals surface area contributed by atoms with Crippen LogP contribution in [0.15, 0.2) is 54.6 Å². The van der Waals surface area contributed by atoms with E-state index < -0.39 is 0 Å². The van der Waals surface area contributed by atoms with E-state index in [1.54, 1.807) is 7.11 Å². The molecule has 0 spiro atoms. The Balaban J connectivity index is 2.21. The number of ether oxygens (including phenoxy) is 2. The summed E-state index contributed by atoms with van der Waals surface area (Å²) < 4.78 is 10.3. The molecular formula is C18H21NO3. The lowest BCUT2D eigenvalue weighted by atomic mass is 10.0. The Bertz CT molecular complexity index is 598. The SMILES string of the molecule is CCOC(=O)CC(Nc1ccccc1)c1cccc(OC)c1. The lowest BCUT2D eigenvalue weighted by Crippen LogP contribution is -2.17. The molecule has 0 bridgehead atoms. The Morgan fingerprint density at radius 2 is 1.91 bits per heavy atom. The molecule has 0 aliphatic rings. The van der Waals surface area contributed by atoms with Gasteiger partial charge in [0.05, 0.1) is 26.2 Å². The third-order valence-corrected chi connectivity index (χ3v) is 3.29. The van der Waals surface area contributed by atoms with Gasteiger partial charge in [-0.25, -0.2) is 0 Å². The predicted octanol–water partition coefficient (Wildman–Crippen LogP) is 3.80. The highest BCUT2D eigenvalue weighted by atomic mass is 16.5. The zero-order valence-corrected chi connectivity index (χ0v) is 12.9. The standard InChI is InChI=1S/C18H21NO3/c1-3-22-18(20)13-17(19-15-9-5-4-6-10-15)14-8-7-11-16(12-14)21-2/h4-12,17,19H,3,13H2,1-2H3. The minimum Gasteiger partial charge on any atom is -0.497 e. The van der Waals surface area contributed by atoms with Gasteiger partial charge in [-0.05, 0) is 36.8 Å². The third kappa shape index (κ3) is 4.52. The Hall–Kier alpha value is -2.49. The van der Waals surface area contributed by atoms with Crippen molar-refractivity contribution in [2.24, 2.45) is 0 Å². The van der Waals surface area contributed by atoms with E-state index in [1.807, 2.05) is 61.5 Å². The van der Waals surface area contributed by atoms with Gasteiger partial charge >= 0.3 is 5.97 Å². The maximum absolute atomic E-state index is 11.9. The summed E-state index contributed by atoms with van der Waals surface area (Å²) in [5.41, 5.74) is 1.94. The first kappa shape index (κ1) is 15.9.